The Morgan fingerprint density at radius 1 is 1.45 bits per heavy atom. The van der Waals surface area contributed by atoms with E-state index in [0.29, 0.717) is 5.69 Å². The fourth-order valence-electron chi connectivity index (χ4n) is 1.62. The molecule has 0 aliphatic heterocycles. The van der Waals surface area contributed by atoms with Gasteiger partial charge in [0.2, 0.25) is 10.0 Å². The molecule has 20 heavy (non-hydrogen) atoms. The maximum Gasteiger partial charge on any atom is 0.259 e. The van der Waals surface area contributed by atoms with E-state index in [1.165, 1.54) is 6.20 Å². The Morgan fingerprint density at radius 2 is 2.15 bits per heavy atom. The van der Waals surface area contributed by atoms with Crippen LogP contribution in [0.2, 0.25) is 0 Å². The zero-order valence-corrected chi connectivity index (χ0v) is 11.2. The molecule has 0 bridgehead atoms. The first kappa shape index (κ1) is 14.2. The van der Waals surface area contributed by atoms with E-state index in [2.05, 4.69) is 15.5 Å². The second kappa shape index (κ2) is 5.02. The summed E-state index contributed by atoms with van der Waals surface area (Å²) >= 11 is 0. The minimum Gasteiger partial charge on any atom is -0.321 e. The molecule has 1 aromatic carbocycles. The molecule has 0 aliphatic rings. The number of rotatable bonds is 3. The van der Waals surface area contributed by atoms with Gasteiger partial charge < -0.3 is 5.32 Å². The summed E-state index contributed by atoms with van der Waals surface area (Å²) in [6.07, 6.45) is 1.28. The predicted molar refractivity (Wildman–Crippen MR) is 69.1 cm³/mol. The van der Waals surface area contributed by atoms with Gasteiger partial charge in [0.25, 0.3) is 5.91 Å². The van der Waals surface area contributed by atoms with Crippen molar-refractivity contribution in [2.45, 2.75) is 11.8 Å². The lowest BCUT2D eigenvalue weighted by Crippen LogP contribution is -2.18. The zero-order valence-electron chi connectivity index (χ0n) is 10.3. The predicted octanol–water partition coefficient (Wildman–Crippen LogP) is 0.757. The largest absolute Gasteiger partial charge is 0.321 e. The second-order valence-electron chi connectivity index (χ2n) is 4.05. The number of benzene rings is 1. The van der Waals surface area contributed by atoms with E-state index in [1.807, 2.05) is 0 Å². The van der Waals surface area contributed by atoms with Crippen molar-refractivity contribution >= 4 is 21.6 Å². The van der Waals surface area contributed by atoms with Gasteiger partial charge in [-0.25, -0.2) is 17.9 Å². The van der Waals surface area contributed by atoms with E-state index >= 15 is 0 Å². The summed E-state index contributed by atoms with van der Waals surface area (Å²) in [4.78, 5) is 11.6. The number of carbonyl (C=O) groups excluding carboxylic acids is 1. The number of H-pyrrole nitrogens is 1. The lowest BCUT2D eigenvalue weighted by atomic mass is 10.2. The summed E-state index contributed by atoms with van der Waals surface area (Å²) in [5, 5.41) is 13.5. The van der Waals surface area contributed by atoms with Crippen LogP contribution in [-0.2, 0) is 10.0 Å². The maximum atomic E-state index is 13.2. The molecule has 1 amide bonds. The smallest absolute Gasteiger partial charge is 0.259 e. The van der Waals surface area contributed by atoms with Crippen molar-refractivity contribution in [3.8, 4) is 0 Å². The van der Waals surface area contributed by atoms with E-state index in [4.69, 9.17) is 5.14 Å². The number of anilines is 1. The van der Waals surface area contributed by atoms with Crippen LogP contribution in [0.15, 0.2) is 29.3 Å². The number of carbonyl (C=O) groups is 1. The van der Waals surface area contributed by atoms with E-state index in [0.717, 1.165) is 18.2 Å². The fourth-order valence-corrected chi connectivity index (χ4v) is 2.29. The third-order valence-corrected chi connectivity index (χ3v) is 3.54. The number of aromatic amines is 1. The normalized spacial score (nSPS) is 11.3. The number of amides is 1. The molecule has 0 unspecified atom stereocenters. The summed E-state index contributed by atoms with van der Waals surface area (Å²) in [6.45, 7) is 1.62. The number of hydrogen-bond acceptors (Lipinski definition) is 4. The van der Waals surface area contributed by atoms with Crippen molar-refractivity contribution in [2.75, 3.05) is 5.32 Å². The van der Waals surface area contributed by atoms with Gasteiger partial charge >= 0.3 is 0 Å². The zero-order chi connectivity index (χ0) is 14.9. The first-order valence-corrected chi connectivity index (χ1v) is 6.97. The van der Waals surface area contributed by atoms with Gasteiger partial charge in [0.15, 0.2) is 0 Å². The molecule has 106 valence electrons. The van der Waals surface area contributed by atoms with Crippen molar-refractivity contribution in [3.05, 3.63) is 41.5 Å². The molecule has 0 atom stereocenters. The van der Waals surface area contributed by atoms with Crippen LogP contribution >= 0.6 is 0 Å². The van der Waals surface area contributed by atoms with Crippen LogP contribution in [0.3, 0.4) is 0 Å². The molecule has 0 saturated carbocycles. The highest BCUT2D eigenvalue weighted by Crippen LogP contribution is 2.22. The average molecular weight is 298 g/mol. The van der Waals surface area contributed by atoms with Crippen molar-refractivity contribution in [1.29, 1.82) is 0 Å². The van der Waals surface area contributed by atoms with Crippen molar-refractivity contribution < 1.29 is 17.6 Å². The number of nitrogens with zero attached hydrogens (tertiary/aromatic N) is 1. The topological polar surface area (TPSA) is 118 Å². The molecular weight excluding hydrogens is 287 g/mol. The molecule has 2 rings (SSSR count). The Bertz CT molecular complexity index is 770. The van der Waals surface area contributed by atoms with Gasteiger partial charge in [0.1, 0.15) is 10.7 Å². The molecule has 9 heteroatoms. The van der Waals surface area contributed by atoms with Gasteiger partial charge in [-0.1, -0.05) is 0 Å². The molecule has 4 N–H and O–H groups in total. The summed E-state index contributed by atoms with van der Waals surface area (Å²) in [5.41, 5.74) is 0.490. The Morgan fingerprint density at radius 3 is 2.70 bits per heavy atom. The van der Waals surface area contributed by atoms with Gasteiger partial charge in [0, 0.05) is 5.69 Å². The van der Waals surface area contributed by atoms with E-state index in [9.17, 15) is 17.6 Å². The summed E-state index contributed by atoms with van der Waals surface area (Å²) in [5.74, 6) is -1.32. The van der Waals surface area contributed by atoms with Crippen molar-refractivity contribution in [2.24, 2.45) is 5.14 Å². The lowest BCUT2D eigenvalue weighted by Gasteiger charge is -2.09. The first-order chi connectivity index (χ1) is 9.29. The van der Waals surface area contributed by atoms with Crippen molar-refractivity contribution in [3.63, 3.8) is 0 Å². The number of hydrogen-bond donors (Lipinski definition) is 3. The number of primary sulfonamides is 1. The average Bonchev–Trinajstić information content (AvgIpc) is 2.73. The molecule has 1 heterocycles. The van der Waals surface area contributed by atoms with Crippen LogP contribution in [0.5, 0.6) is 0 Å². The van der Waals surface area contributed by atoms with Gasteiger partial charge in [-0.2, -0.15) is 5.10 Å². The number of nitrogens with two attached hydrogens (primary N) is 1. The Labute approximate surface area is 114 Å². The van der Waals surface area contributed by atoms with E-state index < -0.39 is 21.7 Å². The standard InChI is InChI=1S/C11H11FN4O3S/c1-6-8(5-14-16-6)11(17)15-9-4-7(12)2-3-10(9)20(13,18)19/h2-5H,1H3,(H,14,16)(H,15,17)(H2,13,18,19). The highest BCUT2D eigenvalue weighted by atomic mass is 32.2. The highest BCUT2D eigenvalue weighted by Gasteiger charge is 2.18. The number of nitrogens with one attached hydrogen (secondary N) is 2. The number of sulfonamides is 1. The lowest BCUT2D eigenvalue weighted by molar-refractivity contribution is 0.102. The molecule has 7 nitrogen and oxygen atoms in total. The summed E-state index contributed by atoms with van der Waals surface area (Å²) in [7, 11) is -4.08. The second-order valence-corrected chi connectivity index (χ2v) is 5.58. The minimum absolute atomic E-state index is 0.217. The van der Waals surface area contributed by atoms with Crippen molar-refractivity contribution in [1.82, 2.24) is 10.2 Å². The van der Waals surface area contributed by atoms with Gasteiger partial charge in [0.05, 0.1) is 17.4 Å². The molecular formula is C11H11FN4O3S. The Kier molecular flexibility index (Phi) is 3.55. The molecule has 0 saturated heterocycles. The minimum atomic E-state index is -4.08. The summed E-state index contributed by atoms with van der Waals surface area (Å²) < 4.78 is 36.0. The molecule has 0 spiro atoms. The number of aromatic nitrogens is 2. The van der Waals surface area contributed by atoms with Gasteiger partial charge in [-0.15, -0.1) is 0 Å². The molecule has 0 radical (unpaired) electrons. The molecule has 1 aromatic heterocycles. The highest BCUT2D eigenvalue weighted by molar-refractivity contribution is 7.89. The SMILES string of the molecule is Cc1[nH]ncc1C(=O)Nc1cc(F)ccc1S(N)(=O)=O. The maximum absolute atomic E-state index is 13.2. The monoisotopic (exact) mass is 298 g/mol. The van der Waals surface area contributed by atoms with Crippen LogP contribution in [0.4, 0.5) is 10.1 Å². The number of halogens is 1. The molecule has 0 fully saturated rings. The first-order valence-electron chi connectivity index (χ1n) is 5.42. The third kappa shape index (κ3) is 2.83. The van der Waals surface area contributed by atoms with E-state index in [-0.39, 0.29) is 16.1 Å². The molecule has 2 aromatic rings. The van der Waals surface area contributed by atoms with E-state index in [1.54, 1.807) is 6.92 Å². The summed E-state index contributed by atoms with van der Waals surface area (Å²) in [6, 6.07) is 2.81. The van der Waals surface area contributed by atoms with Crippen LogP contribution < -0.4 is 10.5 Å². The molecule has 0 aliphatic carbocycles. The van der Waals surface area contributed by atoms with Gasteiger partial charge in [-0.3, -0.25) is 9.89 Å². The third-order valence-electron chi connectivity index (χ3n) is 2.57. The number of aryl methyl sites for hydroxylation is 1. The van der Waals surface area contributed by atoms with Crippen LogP contribution in [0, 0.1) is 12.7 Å². The van der Waals surface area contributed by atoms with Gasteiger partial charge in [-0.05, 0) is 25.1 Å². The van der Waals surface area contributed by atoms with Crippen LogP contribution in [-0.4, -0.2) is 24.5 Å². The Balaban J connectivity index is 2.41. The van der Waals surface area contributed by atoms with Crippen LogP contribution in [0.25, 0.3) is 0 Å². The quantitative estimate of drug-likeness (QED) is 0.775. The Hall–Kier alpha value is -2.26. The fraction of sp³-hybridized carbons (Fsp3) is 0.0909. The van der Waals surface area contributed by atoms with Crippen LogP contribution in [0.1, 0.15) is 16.1 Å².